The van der Waals surface area contributed by atoms with Crippen molar-refractivity contribution in [2.75, 3.05) is 0 Å². The number of hydrogen-bond acceptors (Lipinski definition) is 3. The van der Waals surface area contributed by atoms with Crippen LogP contribution in [0, 0.1) is 25.2 Å². The number of nitrogens with one attached hydrogen (secondary N) is 1. The fraction of sp³-hybridized carbons (Fsp3) is 0.600. The van der Waals surface area contributed by atoms with Gasteiger partial charge in [-0.1, -0.05) is 0 Å². The molecule has 1 aromatic heterocycles. The molecule has 2 saturated carbocycles. The number of aryl methyl sites for hydroxylation is 2. The van der Waals surface area contributed by atoms with Crippen molar-refractivity contribution in [3.63, 3.8) is 0 Å². The largest absolute Gasteiger partial charge is 0.351 e. The molecule has 19 heavy (non-hydrogen) atoms. The van der Waals surface area contributed by atoms with Crippen molar-refractivity contribution in [1.29, 1.82) is 0 Å². The summed E-state index contributed by atoms with van der Waals surface area (Å²) in [6.07, 6.45) is 3.09. The molecule has 2 aliphatic rings. The number of nitrogens with two attached hydrogens (primary N) is 1. The van der Waals surface area contributed by atoms with Crippen molar-refractivity contribution >= 4 is 5.91 Å². The van der Waals surface area contributed by atoms with E-state index >= 15 is 0 Å². The summed E-state index contributed by atoms with van der Waals surface area (Å²) in [7, 11) is 0. The molecule has 2 aliphatic carbocycles. The predicted octanol–water partition coefficient (Wildman–Crippen LogP) is 1.44. The van der Waals surface area contributed by atoms with Gasteiger partial charge in [0.1, 0.15) is 0 Å². The second-order valence-corrected chi connectivity index (χ2v) is 6.07. The number of nitrogens with zero attached hydrogens (tertiary/aromatic N) is 1. The van der Waals surface area contributed by atoms with E-state index in [0.717, 1.165) is 36.2 Å². The summed E-state index contributed by atoms with van der Waals surface area (Å²) in [6, 6.07) is 4.09. The van der Waals surface area contributed by atoms with E-state index in [2.05, 4.69) is 10.3 Å². The van der Waals surface area contributed by atoms with Crippen LogP contribution in [0.25, 0.3) is 0 Å². The fourth-order valence-electron chi connectivity index (χ4n) is 3.62. The number of carbonyl (C=O) groups is 1. The van der Waals surface area contributed by atoms with Crippen LogP contribution < -0.4 is 11.1 Å². The number of fused-ring (bicyclic) bond motifs is 1. The van der Waals surface area contributed by atoms with Crippen LogP contribution in [0.1, 0.15) is 36.2 Å². The number of pyridine rings is 1. The van der Waals surface area contributed by atoms with Crippen LogP contribution in [0.4, 0.5) is 0 Å². The van der Waals surface area contributed by atoms with Crippen LogP contribution in [0.15, 0.2) is 12.1 Å². The summed E-state index contributed by atoms with van der Waals surface area (Å²) in [5.74, 6) is 0.679. The molecule has 3 N–H and O–H groups in total. The van der Waals surface area contributed by atoms with Gasteiger partial charge < -0.3 is 11.1 Å². The van der Waals surface area contributed by atoms with Gasteiger partial charge in [0, 0.05) is 24.0 Å². The van der Waals surface area contributed by atoms with Crippen LogP contribution in [-0.2, 0) is 11.3 Å². The maximum Gasteiger partial charge on any atom is 0.228 e. The summed E-state index contributed by atoms with van der Waals surface area (Å²) >= 11 is 0. The molecular weight excluding hydrogens is 238 g/mol. The minimum absolute atomic E-state index is 0.0541. The third kappa shape index (κ3) is 2.04. The Morgan fingerprint density at radius 2 is 2.11 bits per heavy atom. The Morgan fingerprint density at radius 3 is 2.63 bits per heavy atom. The van der Waals surface area contributed by atoms with Gasteiger partial charge >= 0.3 is 0 Å². The zero-order chi connectivity index (χ0) is 13.6. The van der Waals surface area contributed by atoms with Crippen molar-refractivity contribution in [3.05, 3.63) is 29.1 Å². The molecule has 0 bridgehead atoms. The molecule has 102 valence electrons. The van der Waals surface area contributed by atoms with E-state index in [1.54, 1.807) is 0 Å². The lowest BCUT2D eigenvalue weighted by Gasteiger charge is -2.18. The molecule has 1 heterocycles. The third-order valence-electron chi connectivity index (χ3n) is 4.66. The van der Waals surface area contributed by atoms with E-state index in [-0.39, 0.29) is 17.4 Å². The number of carbonyl (C=O) groups excluding carboxylic acids is 1. The van der Waals surface area contributed by atoms with E-state index in [4.69, 9.17) is 5.73 Å². The minimum Gasteiger partial charge on any atom is -0.351 e. The Kier molecular flexibility index (Phi) is 2.86. The first-order valence-corrected chi connectivity index (χ1v) is 7.00. The molecule has 2 fully saturated rings. The van der Waals surface area contributed by atoms with Gasteiger partial charge in [-0.05, 0) is 56.7 Å². The molecule has 3 rings (SSSR count). The first-order chi connectivity index (χ1) is 9.02. The zero-order valence-electron chi connectivity index (χ0n) is 11.6. The van der Waals surface area contributed by atoms with E-state index in [1.807, 2.05) is 26.0 Å². The second-order valence-electron chi connectivity index (χ2n) is 6.07. The molecule has 4 nitrogen and oxygen atoms in total. The normalized spacial score (nSPS) is 31.9. The quantitative estimate of drug-likeness (QED) is 0.863. The maximum atomic E-state index is 12.4. The van der Waals surface area contributed by atoms with E-state index in [9.17, 15) is 4.79 Å². The molecule has 0 radical (unpaired) electrons. The van der Waals surface area contributed by atoms with E-state index < -0.39 is 0 Å². The molecule has 1 aromatic rings. The molecule has 4 heteroatoms. The van der Waals surface area contributed by atoms with Crippen LogP contribution in [0.2, 0.25) is 0 Å². The Morgan fingerprint density at radius 1 is 1.42 bits per heavy atom. The highest BCUT2D eigenvalue weighted by Gasteiger charge is 2.66. The summed E-state index contributed by atoms with van der Waals surface area (Å²) in [6.45, 7) is 4.52. The minimum atomic E-state index is -0.239. The Labute approximate surface area is 113 Å². The fourth-order valence-corrected chi connectivity index (χ4v) is 3.62. The van der Waals surface area contributed by atoms with Crippen molar-refractivity contribution in [2.24, 2.45) is 17.1 Å². The number of rotatable bonds is 3. The smallest absolute Gasteiger partial charge is 0.228 e. The average molecular weight is 259 g/mol. The molecule has 3 unspecified atom stereocenters. The van der Waals surface area contributed by atoms with E-state index in [1.165, 1.54) is 0 Å². The van der Waals surface area contributed by atoms with Gasteiger partial charge in [0.25, 0.3) is 0 Å². The highest BCUT2D eigenvalue weighted by molar-refractivity contribution is 5.87. The zero-order valence-corrected chi connectivity index (χ0v) is 11.6. The average Bonchev–Trinajstić information content (AvgIpc) is 3.00. The molecular formula is C15H21N3O. The van der Waals surface area contributed by atoms with Gasteiger partial charge in [-0.25, -0.2) is 0 Å². The van der Waals surface area contributed by atoms with Gasteiger partial charge in [-0.3, -0.25) is 9.78 Å². The number of amides is 1. The van der Waals surface area contributed by atoms with Gasteiger partial charge in [0.05, 0.1) is 5.41 Å². The van der Waals surface area contributed by atoms with Crippen molar-refractivity contribution in [1.82, 2.24) is 10.3 Å². The number of aromatic nitrogens is 1. The molecule has 1 amide bonds. The summed E-state index contributed by atoms with van der Waals surface area (Å²) < 4.78 is 0. The first kappa shape index (κ1) is 12.6. The topological polar surface area (TPSA) is 68.0 Å². The summed E-state index contributed by atoms with van der Waals surface area (Å²) in [5.41, 5.74) is 8.95. The van der Waals surface area contributed by atoms with Gasteiger partial charge in [-0.2, -0.15) is 0 Å². The van der Waals surface area contributed by atoms with Crippen LogP contribution in [0.5, 0.6) is 0 Å². The Bertz CT molecular complexity index is 508. The lowest BCUT2D eigenvalue weighted by molar-refractivity contribution is -0.127. The third-order valence-corrected chi connectivity index (χ3v) is 4.66. The van der Waals surface area contributed by atoms with Crippen LogP contribution >= 0.6 is 0 Å². The molecule has 0 spiro atoms. The number of hydrogen-bond donors (Lipinski definition) is 2. The van der Waals surface area contributed by atoms with Gasteiger partial charge in [0.15, 0.2) is 0 Å². The molecule has 0 aliphatic heterocycles. The lowest BCUT2D eigenvalue weighted by Crippen LogP contribution is -2.42. The summed E-state index contributed by atoms with van der Waals surface area (Å²) in [5, 5.41) is 3.06. The Balaban J connectivity index is 1.65. The Hall–Kier alpha value is -1.42. The van der Waals surface area contributed by atoms with Crippen molar-refractivity contribution in [3.8, 4) is 0 Å². The lowest BCUT2D eigenvalue weighted by atomic mass is 9.97. The predicted molar refractivity (Wildman–Crippen MR) is 73.3 cm³/mol. The molecule has 0 aromatic carbocycles. The highest BCUT2D eigenvalue weighted by atomic mass is 16.2. The van der Waals surface area contributed by atoms with Crippen LogP contribution in [0.3, 0.4) is 0 Å². The van der Waals surface area contributed by atoms with Gasteiger partial charge in [-0.15, -0.1) is 0 Å². The summed E-state index contributed by atoms with van der Waals surface area (Å²) in [4.78, 5) is 16.7. The van der Waals surface area contributed by atoms with Gasteiger partial charge in [0.2, 0.25) is 5.91 Å². The standard InChI is InChI=1S/C15H21N3O/c1-9-5-11(6-10(2)18-9)8-17-14(19)15-7-12(15)3-4-13(15)16/h5-6,12-13H,3-4,7-8,16H2,1-2H3,(H,17,19). The van der Waals surface area contributed by atoms with E-state index in [0.29, 0.717) is 12.5 Å². The monoisotopic (exact) mass is 259 g/mol. The SMILES string of the molecule is Cc1cc(CNC(=O)C23CC2CCC3N)cc(C)n1. The van der Waals surface area contributed by atoms with Crippen molar-refractivity contribution < 1.29 is 4.79 Å². The second kappa shape index (κ2) is 4.30. The van der Waals surface area contributed by atoms with Crippen molar-refractivity contribution in [2.45, 2.75) is 45.7 Å². The van der Waals surface area contributed by atoms with Crippen LogP contribution in [-0.4, -0.2) is 16.9 Å². The maximum absolute atomic E-state index is 12.4. The molecule has 3 atom stereocenters. The first-order valence-electron chi connectivity index (χ1n) is 7.00. The highest BCUT2D eigenvalue weighted by Crippen LogP contribution is 2.62. The molecule has 0 saturated heterocycles.